The molecule has 27 heavy (non-hydrogen) atoms. The van der Waals surface area contributed by atoms with Crippen LogP contribution in [0.3, 0.4) is 0 Å². The number of carbonyl (C=O) groups excluding carboxylic acids is 1. The van der Waals surface area contributed by atoms with Gasteiger partial charge >= 0.3 is 5.97 Å². The summed E-state index contributed by atoms with van der Waals surface area (Å²) in [6.07, 6.45) is 1.96. The molecule has 1 aliphatic heterocycles. The topological polar surface area (TPSA) is 52.4 Å². The summed E-state index contributed by atoms with van der Waals surface area (Å²) in [5.74, 6) is 0.506. The van der Waals surface area contributed by atoms with Crippen LogP contribution < -0.4 is 4.74 Å². The predicted octanol–water partition coefficient (Wildman–Crippen LogP) is 2.98. The van der Waals surface area contributed by atoms with E-state index in [-0.39, 0.29) is 5.97 Å². The standard InChI is InChI=1S/C21H24N2O4/c1-2-26-21(24)20-17-7-6-16(27-14-11-22-9-12-25-13-10-22)15-19(17)23-8-4-3-5-18(20)23/h3-8,15H,2,9-14H2,1H3. The lowest BCUT2D eigenvalue weighted by atomic mass is 10.1. The van der Waals surface area contributed by atoms with Gasteiger partial charge in [-0.2, -0.15) is 0 Å². The Labute approximate surface area is 158 Å². The number of hydrogen-bond donors (Lipinski definition) is 0. The van der Waals surface area contributed by atoms with Gasteiger partial charge in [-0.15, -0.1) is 0 Å². The summed E-state index contributed by atoms with van der Waals surface area (Å²) >= 11 is 0. The maximum absolute atomic E-state index is 12.5. The molecule has 4 rings (SSSR count). The molecule has 1 aromatic carbocycles. The van der Waals surface area contributed by atoms with Gasteiger partial charge in [0.15, 0.2) is 0 Å². The largest absolute Gasteiger partial charge is 0.492 e. The average Bonchev–Trinajstić information content (AvgIpc) is 3.03. The van der Waals surface area contributed by atoms with Gasteiger partial charge in [0, 0.05) is 37.3 Å². The Kier molecular flexibility index (Phi) is 5.27. The fourth-order valence-corrected chi connectivity index (χ4v) is 3.54. The van der Waals surface area contributed by atoms with Crippen molar-refractivity contribution in [3.8, 4) is 5.75 Å². The van der Waals surface area contributed by atoms with Crippen LogP contribution in [0.4, 0.5) is 0 Å². The number of aromatic nitrogens is 1. The Bertz CT molecular complexity index is 944. The van der Waals surface area contributed by atoms with Gasteiger partial charge in [0.05, 0.1) is 36.4 Å². The second kappa shape index (κ2) is 7.98. The lowest BCUT2D eigenvalue weighted by Gasteiger charge is -2.26. The Morgan fingerprint density at radius 3 is 2.81 bits per heavy atom. The molecule has 142 valence electrons. The van der Waals surface area contributed by atoms with Gasteiger partial charge in [-0.1, -0.05) is 6.07 Å². The first-order valence-corrected chi connectivity index (χ1v) is 9.40. The number of fused-ring (bicyclic) bond motifs is 3. The van der Waals surface area contributed by atoms with Gasteiger partial charge in [0.2, 0.25) is 0 Å². The van der Waals surface area contributed by atoms with Crippen molar-refractivity contribution in [2.75, 3.05) is 46.1 Å². The first-order chi connectivity index (χ1) is 13.3. The van der Waals surface area contributed by atoms with Crippen LogP contribution in [0.2, 0.25) is 0 Å². The van der Waals surface area contributed by atoms with Crippen LogP contribution in [0, 0.1) is 0 Å². The molecule has 3 aromatic rings. The van der Waals surface area contributed by atoms with E-state index in [0.29, 0.717) is 18.8 Å². The molecular weight excluding hydrogens is 344 g/mol. The van der Waals surface area contributed by atoms with Gasteiger partial charge in [-0.3, -0.25) is 4.90 Å². The summed E-state index contributed by atoms with van der Waals surface area (Å²) in [6, 6.07) is 11.7. The molecule has 0 unspecified atom stereocenters. The second-order valence-corrected chi connectivity index (χ2v) is 6.53. The Balaban J connectivity index is 1.60. The molecule has 0 N–H and O–H groups in total. The van der Waals surface area contributed by atoms with E-state index in [1.807, 2.05) is 53.9 Å². The summed E-state index contributed by atoms with van der Waals surface area (Å²) in [5.41, 5.74) is 2.39. The quantitative estimate of drug-likeness (QED) is 0.626. The van der Waals surface area contributed by atoms with Crippen molar-refractivity contribution in [1.29, 1.82) is 0 Å². The minimum absolute atomic E-state index is 0.294. The van der Waals surface area contributed by atoms with Crippen molar-refractivity contribution in [3.63, 3.8) is 0 Å². The number of esters is 1. The summed E-state index contributed by atoms with van der Waals surface area (Å²) in [7, 11) is 0. The summed E-state index contributed by atoms with van der Waals surface area (Å²) in [5, 5.41) is 0.875. The lowest BCUT2D eigenvalue weighted by Crippen LogP contribution is -2.38. The van der Waals surface area contributed by atoms with Crippen LogP contribution in [-0.2, 0) is 9.47 Å². The van der Waals surface area contributed by atoms with Crippen molar-refractivity contribution in [2.24, 2.45) is 0 Å². The van der Waals surface area contributed by atoms with E-state index in [1.54, 1.807) is 0 Å². The van der Waals surface area contributed by atoms with Crippen LogP contribution in [0.5, 0.6) is 5.75 Å². The van der Waals surface area contributed by atoms with Gasteiger partial charge in [0.1, 0.15) is 12.4 Å². The van der Waals surface area contributed by atoms with E-state index < -0.39 is 0 Å². The molecule has 0 aliphatic carbocycles. The van der Waals surface area contributed by atoms with Gasteiger partial charge < -0.3 is 18.6 Å². The van der Waals surface area contributed by atoms with E-state index in [4.69, 9.17) is 14.2 Å². The molecule has 6 nitrogen and oxygen atoms in total. The minimum Gasteiger partial charge on any atom is -0.492 e. The third-order valence-corrected chi connectivity index (χ3v) is 4.87. The third-order valence-electron chi connectivity index (χ3n) is 4.87. The highest BCUT2D eigenvalue weighted by molar-refractivity contribution is 6.11. The zero-order chi connectivity index (χ0) is 18.6. The fraction of sp³-hybridized carbons (Fsp3) is 0.381. The number of carbonyl (C=O) groups is 1. The molecule has 0 saturated carbocycles. The minimum atomic E-state index is -0.294. The number of hydrogen-bond acceptors (Lipinski definition) is 5. The van der Waals surface area contributed by atoms with Crippen LogP contribution in [-0.4, -0.2) is 61.3 Å². The van der Waals surface area contributed by atoms with Crippen molar-refractivity contribution >= 4 is 22.4 Å². The molecule has 3 heterocycles. The van der Waals surface area contributed by atoms with Crippen molar-refractivity contribution < 1.29 is 19.0 Å². The highest BCUT2D eigenvalue weighted by Gasteiger charge is 2.19. The summed E-state index contributed by atoms with van der Waals surface area (Å²) in [6.45, 7) is 7.16. The molecule has 0 spiro atoms. The smallest absolute Gasteiger partial charge is 0.340 e. The second-order valence-electron chi connectivity index (χ2n) is 6.53. The number of pyridine rings is 1. The number of nitrogens with zero attached hydrogens (tertiary/aromatic N) is 2. The fourth-order valence-electron chi connectivity index (χ4n) is 3.54. The summed E-state index contributed by atoms with van der Waals surface area (Å²) < 4.78 is 18.6. The van der Waals surface area contributed by atoms with Gasteiger partial charge in [0.25, 0.3) is 0 Å². The lowest BCUT2D eigenvalue weighted by molar-refractivity contribution is 0.0322. The molecule has 1 aliphatic rings. The maximum atomic E-state index is 12.5. The number of benzene rings is 1. The zero-order valence-electron chi connectivity index (χ0n) is 15.5. The van der Waals surface area contributed by atoms with E-state index in [0.717, 1.165) is 55.0 Å². The van der Waals surface area contributed by atoms with E-state index in [9.17, 15) is 4.79 Å². The predicted molar refractivity (Wildman–Crippen MR) is 104 cm³/mol. The Morgan fingerprint density at radius 1 is 1.15 bits per heavy atom. The van der Waals surface area contributed by atoms with E-state index in [2.05, 4.69) is 4.90 Å². The zero-order valence-corrected chi connectivity index (χ0v) is 15.5. The summed E-state index contributed by atoms with van der Waals surface area (Å²) in [4.78, 5) is 14.8. The normalized spacial score (nSPS) is 15.3. The average molecular weight is 368 g/mol. The highest BCUT2D eigenvalue weighted by atomic mass is 16.5. The number of morpholine rings is 1. The van der Waals surface area contributed by atoms with Gasteiger partial charge in [-0.05, 0) is 31.2 Å². The van der Waals surface area contributed by atoms with Crippen LogP contribution in [0.1, 0.15) is 17.3 Å². The maximum Gasteiger partial charge on any atom is 0.340 e. The number of ether oxygens (including phenoxy) is 3. The van der Waals surface area contributed by atoms with E-state index >= 15 is 0 Å². The van der Waals surface area contributed by atoms with Crippen LogP contribution >= 0.6 is 0 Å². The Morgan fingerprint density at radius 2 is 2.00 bits per heavy atom. The molecule has 1 saturated heterocycles. The molecule has 1 fully saturated rings. The van der Waals surface area contributed by atoms with Crippen LogP contribution in [0.15, 0.2) is 42.6 Å². The molecule has 0 amide bonds. The molecule has 2 aromatic heterocycles. The monoisotopic (exact) mass is 368 g/mol. The molecule has 0 radical (unpaired) electrons. The van der Waals surface area contributed by atoms with E-state index in [1.165, 1.54) is 0 Å². The van der Waals surface area contributed by atoms with Crippen molar-refractivity contribution in [2.45, 2.75) is 6.92 Å². The Hall–Kier alpha value is -2.57. The highest BCUT2D eigenvalue weighted by Crippen LogP contribution is 2.30. The first kappa shape index (κ1) is 17.8. The van der Waals surface area contributed by atoms with Gasteiger partial charge in [-0.25, -0.2) is 4.79 Å². The third kappa shape index (κ3) is 3.63. The van der Waals surface area contributed by atoms with Crippen LogP contribution in [0.25, 0.3) is 16.4 Å². The molecule has 6 heteroatoms. The molecular formula is C21H24N2O4. The first-order valence-electron chi connectivity index (χ1n) is 9.40. The SMILES string of the molecule is CCOC(=O)c1c2ccc(OCCN3CCOCC3)cc2n2ccccc12. The van der Waals surface area contributed by atoms with Crippen molar-refractivity contribution in [1.82, 2.24) is 9.30 Å². The molecule has 0 atom stereocenters. The number of rotatable bonds is 6. The molecule has 0 bridgehead atoms. The van der Waals surface area contributed by atoms with Crippen molar-refractivity contribution in [3.05, 3.63) is 48.2 Å².